The van der Waals surface area contributed by atoms with E-state index in [1.54, 1.807) is 0 Å². The van der Waals surface area contributed by atoms with Crippen molar-refractivity contribution in [3.8, 4) is 0 Å². The molecule has 1 fully saturated rings. The molecule has 5 nitrogen and oxygen atoms in total. The van der Waals surface area contributed by atoms with Crippen LogP contribution in [0.3, 0.4) is 0 Å². The topological polar surface area (TPSA) is 62.0 Å². The van der Waals surface area contributed by atoms with Gasteiger partial charge in [0.05, 0.1) is 12.2 Å². The summed E-state index contributed by atoms with van der Waals surface area (Å²) in [4.78, 5) is 5.01. The van der Waals surface area contributed by atoms with E-state index in [1.165, 1.54) is 26.1 Å². The molecule has 3 N–H and O–H groups in total. The lowest BCUT2D eigenvalue weighted by atomic mass is 10.1. The molecule has 1 aliphatic heterocycles. The fourth-order valence-corrected chi connectivity index (χ4v) is 2.68. The number of nitrogens with two attached hydrogens (primary N) is 1. The highest BCUT2D eigenvalue weighted by Gasteiger charge is 2.19. The first-order chi connectivity index (χ1) is 11.3. The van der Waals surface area contributed by atoms with Gasteiger partial charge in [-0.3, -0.25) is 4.90 Å². The van der Waals surface area contributed by atoms with E-state index in [1.807, 2.05) is 13.8 Å². The Balaban J connectivity index is 0.000000754. The summed E-state index contributed by atoms with van der Waals surface area (Å²) >= 11 is 0. The van der Waals surface area contributed by atoms with Crippen molar-refractivity contribution in [2.24, 2.45) is 11.7 Å². The van der Waals surface area contributed by atoms with Crippen LogP contribution in [0.4, 0.5) is 0 Å². The van der Waals surface area contributed by atoms with Crippen LogP contribution in [0, 0.1) is 5.92 Å². The molecular formula is C19H43N3O2. The van der Waals surface area contributed by atoms with Crippen LogP contribution in [0.2, 0.25) is 0 Å². The third kappa shape index (κ3) is 13.1. The van der Waals surface area contributed by atoms with E-state index in [0.717, 1.165) is 45.1 Å². The lowest BCUT2D eigenvalue weighted by Gasteiger charge is -2.35. The van der Waals surface area contributed by atoms with Crippen molar-refractivity contribution in [3.05, 3.63) is 0 Å². The third-order valence-electron chi connectivity index (χ3n) is 4.36. The zero-order valence-corrected chi connectivity index (χ0v) is 16.9. The van der Waals surface area contributed by atoms with Gasteiger partial charge in [-0.05, 0) is 52.1 Å². The Hall–Kier alpha value is -0.200. The Morgan fingerprint density at radius 1 is 1.08 bits per heavy atom. The maximum atomic E-state index is 8.93. The summed E-state index contributed by atoms with van der Waals surface area (Å²) in [5, 5.41) is 8.93. The molecule has 1 aliphatic rings. The number of piperazine rings is 1. The molecule has 0 aliphatic carbocycles. The van der Waals surface area contributed by atoms with E-state index < -0.39 is 0 Å². The molecule has 0 saturated carbocycles. The van der Waals surface area contributed by atoms with E-state index in [4.69, 9.17) is 15.6 Å². The summed E-state index contributed by atoms with van der Waals surface area (Å²) in [7, 11) is 0. The van der Waals surface area contributed by atoms with Gasteiger partial charge < -0.3 is 20.5 Å². The molecule has 0 radical (unpaired) electrons. The second kappa shape index (κ2) is 14.0. The van der Waals surface area contributed by atoms with Gasteiger partial charge in [-0.15, -0.1) is 0 Å². The van der Waals surface area contributed by atoms with E-state index in [2.05, 4.69) is 30.6 Å². The Morgan fingerprint density at radius 2 is 1.62 bits per heavy atom. The fraction of sp³-hybridized carbons (Fsp3) is 1.00. The van der Waals surface area contributed by atoms with Crippen molar-refractivity contribution in [3.63, 3.8) is 0 Å². The quantitative estimate of drug-likeness (QED) is 0.635. The maximum absolute atomic E-state index is 8.93. The SMILES string of the molecule is CC(C)CCN.CCCN1CCN(CCOC(C)(C)CCO)CC1. The summed E-state index contributed by atoms with van der Waals surface area (Å²) in [5.41, 5.74) is 5.03. The monoisotopic (exact) mass is 345 g/mol. The van der Waals surface area contributed by atoms with E-state index in [-0.39, 0.29) is 12.2 Å². The number of rotatable bonds is 10. The highest BCUT2D eigenvalue weighted by Crippen LogP contribution is 2.13. The number of aliphatic hydroxyl groups is 1. The lowest BCUT2D eigenvalue weighted by Crippen LogP contribution is -2.47. The standard InChI is InChI=1S/C14H30N2O2.C5H13N/c1-4-6-15-7-9-16(10-8-15)11-13-18-14(2,3)5-12-17;1-5(2)3-4-6/h17H,4-13H2,1-3H3;5H,3-4,6H2,1-2H3. The van der Waals surface area contributed by atoms with E-state index in [9.17, 15) is 0 Å². The second-order valence-corrected chi connectivity index (χ2v) is 7.74. The highest BCUT2D eigenvalue weighted by atomic mass is 16.5. The molecule has 0 spiro atoms. The summed E-state index contributed by atoms with van der Waals surface area (Å²) < 4.78 is 5.83. The normalized spacial score (nSPS) is 17.0. The molecule has 0 bridgehead atoms. The van der Waals surface area contributed by atoms with Crippen molar-refractivity contribution in [2.75, 3.05) is 59.0 Å². The van der Waals surface area contributed by atoms with Crippen LogP contribution >= 0.6 is 0 Å². The first-order valence-corrected chi connectivity index (χ1v) is 9.74. The molecule has 0 aromatic carbocycles. The zero-order valence-electron chi connectivity index (χ0n) is 16.9. The minimum atomic E-state index is -0.196. The number of hydrogen-bond acceptors (Lipinski definition) is 5. The maximum Gasteiger partial charge on any atom is 0.0649 e. The molecule has 0 unspecified atom stereocenters. The summed E-state index contributed by atoms with van der Waals surface area (Å²) in [5.74, 6) is 0.773. The van der Waals surface area contributed by atoms with Gasteiger partial charge in [-0.2, -0.15) is 0 Å². The van der Waals surface area contributed by atoms with Crippen molar-refractivity contribution in [1.29, 1.82) is 0 Å². The Kier molecular flexibility index (Phi) is 13.9. The van der Waals surface area contributed by atoms with Gasteiger partial charge >= 0.3 is 0 Å². The summed E-state index contributed by atoms with van der Waals surface area (Å²) in [6, 6.07) is 0. The molecule has 0 amide bonds. The Labute approximate surface area is 150 Å². The predicted molar refractivity (Wildman–Crippen MR) is 103 cm³/mol. The van der Waals surface area contributed by atoms with Crippen molar-refractivity contribution in [1.82, 2.24) is 9.80 Å². The highest BCUT2D eigenvalue weighted by molar-refractivity contribution is 4.72. The molecule has 1 rings (SSSR count). The van der Waals surface area contributed by atoms with Gasteiger partial charge in [0.1, 0.15) is 0 Å². The summed E-state index contributed by atoms with van der Waals surface area (Å²) in [6.45, 7) is 19.4. The first kappa shape index (κ1) is 23.8. The van der Waals surface area contributed by atoms with E-state index >= 15 is 0 Å². The molecule has 1 saturated heterocycles. The van der Waals surface area contributed by atoms with Crippen LogP contribution in [0.15, 0.2) is 0 Å². The number of aliphatic hydroxyl groups excluding tert-OH is 1. The molecule has 24 heavy (non-hydrogen) atoms. The van der Waals surface area contributed by atoms with Gasteiger partial charge in [-0.1, -0.05) is 20.8 Å². The minimum Gasteiger partial charge on any atom is -0.396 e. The van der Waals surface area contributed by atoms with Crippen LogP contribution < -0.4 is 5.73 Å². The van der Waals surface area contributed by atoms with Crippen LogP contribution in [0.1, 0.15) is 53.9 Å². The molecule has 0 aromatic heterocycles. The Bertz CT molecular complexity index is 278. The van der Waals surface area contributed by atoms with Crippen LogP contribution in [-0.2, 0) is 4.74 Å². The molecule has 0 atom stereocenters. The van der Waals surface area contributed by atoms with Crippen LogP contribution in [0.5, 0.6) is 0 Å². The second-order valence-electron chi connectivity index (χ2n) is 7.74. The molecular weight excluding hydrogens is 302 g/mol. The smallest absolute Gasteiger partial charge is 0.0649 e. The average molecular weight is 346 g/mol. The zero-order chi connectivity index (χ0) is 18.4. The first-order valence-electron chi connectivity index (χ1n) is 9.74. The molecule has 1 heterocycles. The van der Waals surface area contributed by atoms with Crippen LogP contribution in [0.25, 0.3) is 0 Å². The van der Waals surface area contributed by atoms with Gasteiger partial charge in [0, 0.05) is 39.3 Å². The summed E-state index contributed by atoms with van der Waals surface area (Å²) in [6.07, 6.45) is 3.11. The molecule has 0 aromatic rings. The van der Waals surface area contributed by atoms with E-state index in [0.29, 0.717) is 6.42 Å². The van der Waals surface area contributed by atoms with Gasteiger partial charge in [0.25, 0.3) is 0 Å². The van der Waals surface area contributed by atoms with Crippen molar-refractivity contribution < 1.29 is 9.84 Å². The largest absolute Gasteiger partial charge is 0.396 e. The lowest BCUT2D eigenvalue weighted by molar-refractivity contribution is -0.0430. The molecule has 5 heteroatoms. The van der Waals surface area contributed by atoms with Gasteiger partial charge in [-0.25, -0.2) is 0 Å². The van der Waals surface area contributed by atoms with Crippen molar-refractivity contribution >= 4 is 0 Å². The van der Waals surface area contributed by atoms with Crippen LogP contribution in [-0.4, -0.2) is 79.5 Å². The van der Waals surface area contributed by atoms with Gasteiger partial charge in [0.15, 0.2) is 0 Å². The van der Waals surface area contributed by atoms with Gasteiger partial charge in [0.2, 0.25) is 0 Å². The third-order valence-corrected chi connectivity index (χ3v) is 4.36. The fourth-order valence-electron chi connectivity index (χ4n) is 2.68. The average Bonchev–Trinajstić information content (AvgIpc) is 2.49. The minimum absolute atomic E-state index is 0.196. The number of nitrogens with zero attached hydrogens (tertiary/aromatic N) is 2. The van der Waals surface area contributed by atoms with Crippen molar-refractivity contribution in [2.45, 2.75) is 59.5 Å². The number of hydrogen-bond donors (Lipinski definition) is 2. The molecule has 146 valence electrons. The Morgan fingerprint density at radius 3 is 2.00 bits per heavy atom. The predicted octanol–water partition coefficient (Wildman–Crippen LogP) is 2.18. The number of ether oxygens (including phenoxy) is 1.